The van der Waals surface area contributed by atoms with E-state index in [9.17, 15) is 0 Å². The first-order valence-electron chi connectivity index (χ1n) is 5.48. The first kappa shape index (κ1) is 15.2. The summed E-state index contributed by atoms with van der Waals surface area (Å²) in [7, 11) is 1.78. The second-order valence-corrected chi connectivity index (χ2v) is 5.19. The van der Waals surface area contributed by atoms with Crippen LogP contribution >= 0.6 is 12.4 Å². The van der Waals surface area contributed by atoms with Gasteiger partial charge in [0.15, 0.2) is 0 Å². The molecule has 0 aromatic carbocycles. The van der Waals surface area contributed by atoms with Gasteiger partial charge in [-0.25, -0.2) is 0 Å². The van der Waals surface area contributed by atoms with Crippen LogP contribution in [-0.2, 0) is 4.74 Å². The molecule has 0 spiro atoms. The summed E-state index contributed by atoms with van der Waals surface area (Å²) in [5.74, 6) is 0. The van der Waals surface area contributed by atoms with Crippen LogP contribution in [0.1, 0.15) is 20.8 Å². The summed E-state index contributed by atoms with van der Waals surface area (Å²) in [6.07, 6.45) is 0. The molecule has 0 aromatic heterocycles. The molecular formula is C11H25ClN2O. The monoisotopic (exact) mass is 236 g/mol. The van der Waals surface area contributed by atoms with Gasteiger partial charge >= 0.3 is 0 Å². The van der Waals surface area contributed by atoms with Crippen molar-refractivity contribution in [1.82, 2.24) is 10.2 Å². The first-order valence-corrected chi connectivity index (χ1v) is 5.48. The molecule has 1 aliphatic heterocycles. The van der Waals surface area contributed by atoms with Crippen molar-refractivity contribution in [2.45, 2.75) is 26.8 Å². The topological polar surface area (TPSA) is 24.5 Å². The largest absolute Gasteiger partial charge is 0.384 e. The van der Waals surface area contributed by atoms with E-state index in [1.165, 1.54) is 0 Å². The number of methoxy groups -OCH3 is 1. The van der Waals surface area contributed by atoms with Crippen molar-refractivity contribution in [2.75, 3.05) is 39.9 Å². The number of nitrogens with zero attached hydrogens (tertiary/aromatic N) is 1. The highest BCUT2D eigenvalue weighted by molar-refractivity contribution is 5.85. The van der Waals surface area contributed by atoms with E-state index in [1.807, 2.05) is 0 Å². The fraction of sp³-hybridized carbons (Fsp3) is 1.00. The predicted molar refractivity (Wildman–Crippen MR) is 66.8 cm³/mol. The molecule has 15 heavy (non-hydrogen) atoms. The van der Waals surface area contributed by atoms with E-state index in [4.69, 9.17) is 4.74 Å². The van der Waals surface area contributed by atoms with Crippen molar-refractivity contribution >= 4 is 12.4 Å². The average Bonchev–Trinajstić information content (AvgIpc) is 2.02. The molecule has 0 aromatic rings. The molecule has 0 amide bonds. The standard InChI is InChI=1S/C11H24N2O.ClH/c1-10-7-13(6-5-12-10)8-11(2,3)9-14-4;/h10,12H,5-9H2,1-4H3;1H. The molecule has 1 rings (SSSR count). The fourth-order valence-corrected chi connectivity index (χ4v) is 2.20. The van der Waals surface area contributed by atoms with Gasteiger partial charge in [-0.15, -0.1) is 12.4 Å². The van der Waals surface area contributed by atoms with Crippen LogP contribution in [0, 0.1) is 5.41 Å². The zero-order chi connectivity index (χ0) is 10.6. The second kappa shape index (κ2) is 6.69. The van der Waals surface area contributed by atoms with Gasteiger partial charge in [0.1, 0.15) is 0 Å². The Bertz CT molecular complexity index is 176. The lowest BCUT2D eigenvalue weighted by Crippen LogP contribution is -2.52. The number of nitrogens with one attached hydrogen (secondary N) is 1. The van der Waals surface area contributed by atoms with Crippen molar-refractivity contribution in [3.8, 4) is 0 Å². The molecule has 0 aliphatic carbocycles. The van der Waals surface area contributed by atoms with Crippen molar-refractivity contribution in [2.24, 2.45) is 5.41 Å². The Morgan fingerprint density at radius 2 is 2.13 bits per heavy atom. The Morgan fingerprint density at radius 3 is 2.67 bits per heavy atom. The maximum Gasteiger partial charge on any atom is 0.0525 e. The molecule has 0 bridgehead atoms. The van der Waals surface area contributed by atoms with Gasteiger partial charge in [0, 0.05) is 44.7 Å². The number of ether oxygens (including phenoxy) is 1. The maximum absolute atomic E-state index is 5.23. The minimum absolute atomic E-state index is 0. The third-order valence-electron chi connectivity index (χ3n) is 2.64. The highest BCUT2D eigenvalue weighted by Gasteiger charge is 2.24. The highest BCUT2D eigenvalue weighted by Crippen LogP contribution is 2.17. The van der Waals surface area contributed by atoms with Gasteiger partial charge in [-0.2, -0.15) is 0 Å². The third-order valence-corrected chi connectivity index (χ3v) is 2.64. The van der Waals surface area contributed by atoms with Gasteiger partial charge in [-0.05, 0) is 6.92 Å². The predicted octanol–water partition coefficient (Wildman–Crippen LogP) is 1.37. The van der Waals surface area contributed by atoms with Crippen LogP contribution in [0.3, 0.4) is 0 Å². The smallest absolute Gasteiger partial charge is 0.0525 e. The first-order chi connectivity index (χ1) is 6.53. The molecule has 3 nitrogen and oxygen atoms in total. The summed E-state index contributed by atoms with van der Waals surface area (Å²) in [4.78, 5) is 2.53. The van der Waals surface area contributed by atoms with E-state index < -0.39 is 0 Å². The van der Waals surface area contributed by atoms with E-state index in [1.54, 1.807) is 7.11 Å². The molecule has 1 fully saturated rings. The van der Waals surface area contributed by atoms with Gasteiger partial charge in [0.05, 0.1) is 6.61 Å². The van der Waals surface area contributed by atoms with Crippen LogP contribution in [-0.4, -0.2) is 50.8 Å². The Labute approximate surface area is 100.0 Å². The number of hydrogen-bond donors (Lipinski definition) is 1. The maximum atomic E-state index is 5.23. The lowest BCUT2D eigenvalue weighted by atomic mass is 9.93. The van der Waals surface area contributed by atoms with Gasteiger partial charge in [0.2, 0.25) is 0 Å². The van der Waals surface area contributed by atoms with E-state index in [2.05, 4.69) is 31.0 Å². The number of hydrogen-bond acceptors (Lipinski definition) is 3. The summed E-state index contributed by atoms with van der Waals surface area (Å²) >= 11 is 0. The zero-order valence-corrected chi connectivity index (χ0v) is 11.2. The average molecular weight is 237 g/mol. The SMILES string of the molecule is COCC(C)(C)CN1CCNC(C)C1.Cl. The Kier molecular flexibility index (Phi) is 6.76. The van der Waals surface area contributed by atoms with Gasteiger partial charge in [-0.3, -0.25) is 4.90 Å². The summed E-state index contributed by atoms with van der Waals surface area (Å²) in [6, 6.07) is 0.627. The molecular weight excluding hydrogens is 212 g/mol. The van der Waals surface area contributed by atoms with E-state index in [0.717, 1.165) is 32.8 Å². The van der Waals surface area contributed by atoms with Gasteiger partial charge in [0.25, 0.3) is 0 Å². The van der Waals surface area contributed by atoms with Crippen LogP contribution in [0.15, 0.2) is 0 Å². The minimum atomic E-state index is 0. The van der Waals surface area contributed by atoms with E-state index >= 15 is 0 Å². The highest BCUT2D eigenvalue weighted by atomic mass is 35.5. The van der Waals surface area contributed by atoms with Crippen LogP contribution in [0.5, 0.6) is 0 Å². The molecule has 0 saturated carbocycles. The Morgan fingerprint density at radius 1 is 1.47 bits per heavy atom. The minimum Gasteiger partial charge on any atom is -0.384 e. The van der Waals surface area contributed by atoms with Crippen LogP contribution in [0.25, 0.3) is 0 Å². The van der Waals surface area contributed by atoms with Gasteiger partial charge < -0.3 is 10.1 Å². The van der Waals surface area contributed by atoms with E-state index in [0.29, 0.717) is 6.04 Å². The fourth-order valence-electron chi connectivity index (χ4n) is 2.20. The lowest BCUT2D eigenvalue weighted by Gasteiger charge is -2.37. The normalized spacial score (nSPS) is 23.6. The number of rotatable bonds is 4. The Balaban J connectivity index is 0.00000196. The molecule has 1 aliphatic rings. The molecule has 1 N–H and O–H groups in total. The second-order valence-electron chi connectivity index (χ2n) is 5.19. The van der Waals surface area contributed by atoms with Crippen molar-refractivity contribution in [3.05, 3.63) is 0 Å². The summed E-state index contributed by atoms with van der Waals surface area (Å²) in [5.41, 5.74) is 0.270. The molecule has 4 heteroatoms. The summed E-state index contributed by atoms with van der Waals surface area (Å²) in [5, 5.41) is 3.46. The quantitative estimate of drug-likeness (QED) is 0.798. The lowest BCUT2D eigenvalue weighted by molar-refractivity contribution is 0.0605. The van der Waals surface area contributed by atoms with Crippen molar-refractivity contribution in [1.29, 1.82) is 0 Å². The molecule has 1 saturated heterocycles. The van der Waals surface area contributed by atoms with Crippen LogP contribution < -0.4 is 5.32 Å². The molecule has 92 valence electrons. The van der Waals surface area contributed by atoms with Crippen molar-refractivity contribution in [3.63, 3.8) is 0 Å². The molecule has 0 radical (unpaired) electrons. The molecule has 1 unspecified atom stereocenters. The summed E-state index contributed by atoms with van der Waals surface area (Å²) < 4.78 is 5.23. The van der Waals surface area contributed by atoms with Crippen molar-refractivity contribution < 1.29 is 4.74 Å². The molecule has 1 atom stereocenters. The number of halogens is 1. The Hall–Kier alpha value is 0.170. The third kappa shape index (κ3) is 5.71. The van der Waals surface area contributed by atoms with E-state index in [-0.39, 0.29) is 17.8 Å². The van der Waals surface area contributed by atoms with Crippen LogP contribution in [0.4, 0.5) is 0 Å². The zero-order valence-electron chi connectivity index (χ0n) is 10.4. The summed E-state index contributed by atoms with van der Waals surface area (Å²) in [6.45, 7) is 12.2. The van der Waals surface area contributed by atoms with Gasteiger partial charge in [-0.1, -0.05) is 13.8 Å². The number of piperazine rings is 1. The molecule has 1 heterocycles. The van der Waals surface area contributed by atoms with Crippen LogP contribution in [0.2, 0.25) is 0 Å².